The first-order valence-corrected chi connectivity index (χ1v) is 48.5. The van der Waals surface area contributed by atoms with E-state index >= 15 is 0 Å². The SMILES string of the molecule is c1ccc(-c2ccc(-c3nc(-c4ccccc4)nc(-c4c5ccccc5c(-c5ccc(-c6ccccc6)cc5)c5ccccc45)n3)cc2)cc1.c1ccc(-c2ccc(-c3nc(-c4ccccc4)nc(-c4c5ccccc5c(-c5ccccc5)c5ccccc45)n3)cc2)cc1.c1ccc(-c2ccc(-c3nc(-c4ccccc4)nc(-c4c5ccccc5c(-c5ccccc5-c5ccccc5)c5ccccc45)n3)cc2)cc1. The van der Waals surface area contributed by atoms with Crippen molar-refractivity contribution in [1.82, 2.24) is 44.9 Å². The summed E-state index contributed by atoms with van der Waals surface area (Å²) in [6.07, 6.45) is 0. The topological polar surface area (TPSA) is 116 Å². The van der Waals surface area contributed by atoms with Gasteiger partial charge in [-0.3, -0.25) is 0 Å². The molecule has 674 valence electrons. The van der Waals surface area contributed by atoms with Crippen molar-refractivity contribution in [3.8, 4) is 192 Å². The van der Waals surface area contributed by atoms with Crippen molar-refractivity contribution in [2.24, 2.45) is 0 Å². The van der Waals surface area contributed by atoms with Gasteiger partial charge in [0.25, 0.3) is 0 Å². The number of hydrogen-bond acceptors (Lipinski definition) is 9. The molecule has 0 spiro atoms. The number of rotatable bonds is 17. The summed E-state index contributed by atoms with van der Waals surface area (Å²) in [4.78, 5) is 46.3. The quantitative estimate of drug-likeness (QED) is 0.0822. The van der Waals surface area contributed by atoms with Gasteiger partial charge in [0.1, 0.15) is 0 Å². The lowest BCUT2D eigenvalue weighted by Crippen LogP contribution is -2.01. The highest BCUT2D eigenvalue weighted by Crippen LogP contribution is 2.50. The Hall–Kier alpha value is -19.4. The minimum Gasteiger partial charge on any atom is -0.208 e. The van der Waals surface area contributed by atoms with Crippen LogP contribution in [-0.2, 0) is 0 Å². The average molecular weight is 1840 g/mol. The predicted octanol–water partition coefficient (Wildman–Crippen LogP) is 34.9. The Morgan fingerprint density at radius 2 is 0.208 bits per heavy atom. The normalized spacial score (nSPS) is 11.2. The Morgan fingerprint density at radius 3 is 0.438 bits per heavy atom. The Bertz CT molecular complexity index is 8980. The molecule has 0 fully saturated rings. The van der Waals surface area contributed by atoms with Crippen LogP contribution in [0.2, 0.25) is 0 Å². The Kier molecular flexibility index (Phi) is 24.1. The predicted molar refractivity (Wildman–Crippen MR) is 597 cm³/mol. The lowest BCUT2D eigenvalue weighted by Gasteiger charge is -2.19. The summed E-state index contributed by atoms with van der Waals surface area (Å²) in [7, 11) is 0. The molecule has 0 amide bonds. The van der Waals surface area contributed by atoms with E-state index in [-0.39, 0.29) is 0 Å². The van der Waals surface area contributed by atoms with Crippen LogP contribution in [0.15, 0.2) is 540 Å². The Balaban J connectivity index is 0.000000117. The largest absolute Gasteiger partial charge is 0.208 e. The van der Waals surface area contributed by atoms with E-state index in [0.717, 1.165) is 121 Å². The highest BCUT2D eigenvalue weighted by atomic mass is 15.1. The maximum Gasteiger partial charge on any atom is 0.165 e. The molecule has 0 aliphatic heterocycles. The molecule has 3 aromatic heterocycles. The minimum absolute atomic E-state index is 0.639. The third kappa shape index (κ3) is 17.5. The van der Waals surface area contributed by atoms with Gasteiger partial charge in [-0.15, -0.1) is 0 Å². The first-order chi connectivity index (χ1) is 71.4. The summed E-state index contributed by atoms with van der Waals surface area (Å²) in [6, 6.07) is 188. The molecule has 9 nitrogen and oxygen atoms in total. The molecular formula is C135H89N9. The molecule has 144 heavy (non-hydrogen) atoms. The molecule has 9 heteroatoms. The van der Waals surface area contributed by atoms with Gasteiger partial charge in [0.15, 0.2) is 52.4 Å². The number of fused-ring (bicyclic) bond motifs is 6. The highest BCUT2D eigenvalue weighted by molar-refractivity contribution is 6.24. The lowest BCUT2D eigenvalue weighted by atomic mass is 9.85. The van der Waals surface area contributed by atoms with Crippen molar-refractivity contribution in [2.75, 3.05) is 0 Å². The van der Waals surface area contributed by atoms with Crippen LogP contribution < -0.4 is 0 Å². The fraction of sp³-hybridized carbons (Fsp3) is 0. The minimum atomic E-state index is 0.639. The van der Waals surface area contributed by atoms with Gasteiger partial charge < -0.3 is 0 Å². The van der Waals surface area contributed by atoms with E-state index in [9.17, 15) is 0 Å². The maximum absolute atomic E-state index is 5.25. The van der Waals surface area contributed by atoms with Gasteiger partial charge in [0.2, 0.25) is 0 Å². The smallest absolute Gasteiger partial charge is 0.165 e. The van der Waals surface area contributed by atoms with Crippen molar-refractivity contribution < 1.29 is 0 Å². The second-order valence-electron chi connectivity index (χ2n) is 35.6. The second kappa shape index (κ2) is 39.6. The maximum atomic E-state index is 5.25. The first kappa shape index (κ1) is 87.4. The van der Waals surface area contributed by atoms with Gasteiger partial charge in [0.05, 0.1) is 0 Å². The van der Waals surface area contributed by atoms with Crippen LogP contribution in [0.25, 0.3) is 256 Å². The highest BCUT2D eigenvalue weighted by Gasteiger charge is 2.27. The van der Waals surface area contributed by atoms with Crippen LogP contribution in [0.4, 0.5) is 0 Å². The summed E-state index contributed by atoms with van der Waals surface area (Å²) in [5, 5.41) is 13.6. The van der Waals surface area contributed by atoms with Gasteiger partial charge in [-0.25, -0.2) is 44.9 Å². The Morgan fingerprint density at radius 1 is 0.0764 bits per heavy atom. The molecule has 0 saturated carbocycles. The van der Waals surface area contributed by atoms with Crippen LogP contribution in [0.1, 0.15) is 0 Å². The van der Waals surface area contributed by atoms with Crippen molar-refractivity contribution >= 4 is 64.6 Å². The Labute approximate surface area is 835 Å². The fourth-order valence-corrected chi connectivity index (χ4v) is 20.0. The summed E-state index contributed by atoms with van der Waals surface area (Å²) in [5.74, 6) is 5.83. The molecule has 0 bridgehead atoms. The van der Waals surface area contributed by atoms with Crippen LogP contribution in [-0.4, -0.2) is 44.9 Å². The van der Waals surface area contributed by atoms with Crippen LogP contribution in [0.5, 0.6) is 0 Å². The van der Waals surface area contributed by atoms with Crippen LogP contribution >= 0.6 is 0 Å². The van der Waals surface area contributed by atoms with Gasteiger partial charge in [-0.1, -0.05) is 540 Å². The third-order valence-electron chi connectivity index (χ3n) is 26.8. The van der Waals surface area contributed by atoms with Crippen molar-refractivity contribution in [1.29, 1.82) is 0 Å². The second-order valence-corrected chi connectivity index (χ2v) is 35.6. The third-order valence-corrected chi connectivity index (χ3v) is 26.8. The molecule has 0 aliphatic carbocycles. The first-order valence-electron chi connectivity index (χ1n) is 48.5. The molecule has 0 radical (unpaired) electrons. The van der Waals surface area contributed by atoms with E-state index in [1.165, 1.54) is 83.1 Å². The zero-order valence-electron chi connectivity index (χ0n) is 78.4. The van der Waals surface area contributed by atoms with E-state index in [4.69, 9.17) is 44.9 Å². The summed E-state index contributed by atoms with van der Waals surface area (Å²) in [5.41, 5.74) is 27.6. The monoisotopic (exact) mass is 1840 g/mol. The number of benzene rings is 23. The number of hydrogen-bond donors (Lipinski definition) is 0. The van der Waals surface area contributed by atoms with E-state index in [2.05, 4.69) is 467 Å². The standard InChI is InChI=1S/2C47H31N3.C41H27N3/c1-4-14-32(15-5-1)34-24-28-36(29-25-34)43-39-20-10-12-22-41(39)44(42-23-13-11-21-40(42)43)47-49-45(37-18-8-3-9-19-37)48-46(50-47)38-30-26-35(27-31-38)33-16-6-2-7-17-33;1-4-16-32(17-5-1)33-28-30-36(31-29-33)46-48-45(35-20-8-3-9-21-35)49-47(50-46)44-41-26-14-12-24-39(41)43(40-25-13-15-27-42(40)44)38-23-11-10-22-37(38)34-18-6-2-7-19-34;1-4-14-28(15-5-1)29-24-26-32(27-25-29)40-42-39(31-18-8-3-9-19-31)43-41(44-40)38-35-22-12-10-20-33(35)37(30-16-6-2-7-17-30)34-21-11-13-23-36(34)38/h2*1-31H;1-27H. The lowest BCUT2D eigenvalue weighted by molar-refractivity contribution is 1.08. The fourth-order valence-electron chi connectivity index (χ4n) is 20.0. The zero-order valence-corrected chi connectivity index (χ0v) is 78.4. The molecule has 26 rings (SSSR count). The summed E-state index contributed by atoms with van der Waals surface area (Å²) < 4.78 is 0. The van der Waals surface area contributed by atoms with Crippen LogP contribution in [0, 0.1) is 0 Å². The molecule has 0 aliphatic rings. The van der Waals surface area contributed by atoms with Crippen LogP contribution in [0.3, 0.4) is 0 Å². The number of aromatic nitrogens is 9. The molecule has 26 aromatic rings. The zero-order chi connectivity index (χ0) is 95.9. The van der Waals surface area contributed by atoms with E-state index in [0.29, 0.717) is 52.4 Å². The van der Waals surface area contributed by atoms with Crippen molar-refractivity contribution in [2.45, 2.75) is 0 Å². The van der Waals surface area contributed by atoms with E-state index in [1.807, 2.05) is 72.8 Å². The molecule has 0 atom stereocenters. The van der Waals surface area contributed by atoms with E-state index < -0.39 is 0 Å². The summed E-state index contributed by atoms with van der Waals surface area (Å²) in [6.45, 7) is 0. The van der Waals surface area contributed by atoms with E-state index in [1.54, 1.807) is 0 Å². The van der Waals surface area contributed by atoms with Crippen molar-refractivity contribution in [3.05, 3.63) is 540 Å². The summed E-state index contributed by atoms with van der Waals surface area (Å²) >= 11 is 0. The molecule has 3 heterocycles. The molecule has 0 N–H and O–H groups in total. The van der Waals surface area contributed by atoms with Gasteiger partial charge in [-0.2, -0.15) is 0 Å². The molecule has 0 saturated heterocycles. The molecule has 0 unspecified atom stereocenters. The van der Waals surface area contributed by atoms with Gasteiger partial charge >= 0.3 is 0 Å². The van der Waals surface area contributed by atoms with Crippen molar-refractivity contribution in [3.63, 3.8) is 0 Å². The molecule has 23 aromatic carbocycles. The molecular weight excluding hydrogens is 1750 g/mol. The van der Waals surface area contributed by atoms with Gasteiger partial charge in [0, 0.05) is 50.1 Å². The average Bonchev–Trinajstić information content (AvgIpc) is 0.733. The van der Waals surface area contributed by atoms with Gasteiger partial charge in [-0.05, 0) is 154 Å². The number of nitrogens with zero attached hydrogens (tertiary/aromatic N) is 9.